The Morgan fingerprint density at radius 2 is 1.87 bits per heavy atom. The SMILES string of the molecule is C[C@@H]1[C@@H](c2ccc(Br)cc2)SC(=O)N1C(=O)NC1CCCCC1. The van der Waals surface area contributed by atoms with Gasteiger partial charge >= 0.3 is 6.03 Å². The van der Waals surface area contributed by atoms with E-state index in [-0.39, 0.29) is 28.6 Å². The van der Waals surface area contributed by atoms with Gasteiger partial charge in [-0.3, -0.25) is 9.69 Å². The first-order chi connectivity index (χ1) is 11.1. The minimum absolute atomic E-state index is 0.00675. The normalized spacial score (nSPS) is 25.7. The summed E-state index contributed by atoms with van der Waals surface area (Å²) in [5.74, 6) is 0. The summed E-state index contributed by atoms with van der Waals surface area (Å²) in [7, 11) is 0. The van der Waals surface area contributed by atoms with Crippen molar-refractivity contribution in [1.29, 1.82) is 0 Å². The monoisotopic (exact) mass is 396 g/mol. The first kappa shape index (κ1) is 16.8. The van der Waals surface area contributed by atoms with E-state index in [1.807, 2.05) is 31.2 Å². The summed E-state index contributed by atoms with van der Waals surface area (Å²) in [6.45, 7) is 1.95. The Morgan fingerprint density at radius 1 is 1.22 bits per heavy atom. The van der Waals surface area contributed by atoms with E-state index in [4.69, 9.17) is 0 Å². The second-order valence-electron chi connectivity index (χ2n) is 6.25. The lowest BCUT2D eigenvalue weighted by molar-refractivity contribution is 0.184. The molecule has 1 aliphatic heterocycles. The van der Waals surface area contributed by atoms with Crippen molar-refractivity contribution < 1.29 is 9.59 Å². The van der Waals surface area contributed by atoms with Crippen LogP contribution < -0.4 is 5.32 Å². The zero-order valence-electron chi connectivity index (χ0n) is 13.1. The van der Waals surface area contributed by atoms with E-state index in [0.717, 1.165) is 35.7 Å². The van der Waals surface area contributed by atoms with E-state index in [1.54, 1.807) is 0 Å². The molecule has 3 amide bonds. The summed E-state index contributed by atoms with van der Waals surface area (Å²) in [5, 5.41) is 2.89. The highest BCUT2D eigenvalue weighted by Gasteiger charge is 2.42. The van der Waals surface area contributed by atoms with Crippen molar-refractivity contribution in [3.8, 4) is 0 Å². The van der Waals surface area contributed by atoms with Crippen LogP contribution in [0.25, 0.3) is 0 Å². The average molecular weight is 397 g/mol. The Kier molecular flexibility index (Phi) is 5.31. The van der Waals surface area contributed by atoms with Gasteiger partial charge in [-0.15, -0.1) is 0 Å². The summed E-state index contributed by atoms with van der Waals surface area (Å²) in [5.41, 5.74) is 1.08. The molecule has 4 nitrogen and oxygen atoms in total. The first-order valence-corrected chi connectivity index (χ1v) is 9.79. The van der Waals surface area contributed by atoms with Crippen LogP contribution in [0.3, 0.4) is 0 Å². The molecule has 6 heteroatoms. The molecule has 1 heterocycles. The third-order valence-corrected chi connectivity index (χ3v) is 6.47. The largest absolute Gasteiger partial charge is 0.335 e. The molecule has 1 saturated heterocycles. The van der Waals surface area contributed by atoms with Crippen LogP contribution in [0.1, 0.15) is 49.8 Å². The minimum Gasteiger partial charge on any atom is -0.335 e. The number of carbonyl (C=O) groups is 2. The third-order valence-electron chi connectivity index (χ3n) is 4.62. The van der Waals surface area contributed by atoms with Gasteiger partial charge < -0.3 is 5.32 Å². The number of carbonyl (C=O) groups excluding carboxylic acids is 2. The third kappa shape index (κ3) is 3.74. The number of nitrogens with zero attached hydrogens (tertiary/aromatic N) is 1. The summed E-state index contributed by atoms with van der Waals surface area (Å²) in [4.78, 5) is 26.3. The average Bonchev–Trinajstić information content (AvgIpc) is 2.84. The molecular formula is C17H21BrN2O2S. The molecule has 0 bridgehead atoms. The van der Waals surface area contributed by atoms with E-state index in [1.165, 1.54) is 23.1 Å². The van der Waals surface area contributed by atoms with E-state index in [0.29, 0.717) is 0 Å². The second-order valence-corrected chi connectivity index (χ2v) is 8.26. The molecule has 3 rings (SSSR count). The van der Waals surface area contributed by atoms with Crippen molar-refractivity contribution in [3.05, 3.63) is 34.3 Å². The first-order valence-electron chi connectivity index (χ1n) is 8.12. The van der Waals surface area contributed by atoms with Gasteiger partial charge in [-0.25, -0.2) is 4.79 Å². The Balaban J connectivity index is 1.69. The summed E-state index contributed by atoms with van der Waals surface area (Å²) >= 11 is 4.66. The maximum Gasteiger partial charge on any atom is 0.325 e. The fraction of sp³-hybridized carbons (Fsp3) is 0.529. The number of hydrogen-bond acceptors (Lipinski definition) is 3. The number of hydrogen-bond donors (Lipinski definition) is 1. The van der Waals surface area contributed by atoms with Gasteiger partial charge in [0.25, 0.3) is 5.24 Å². The molecule has 23 heavy (non-hydrogen) atoms. The predicted octanol–water partition coefficient (Wildman–Crippen LogP) is 5.09. The smallest absolute Gasteiger partial charge is 0.325 e. The summed E-state index contributed by atoms with van der Waals surface area (Å²) in [6, 6.07) is 7.80. The lowest BCUT2D eigenvalue weighted by Crippen LogP contribution is -2.48. The topological polar surface area (TPSA) is 49.4 Å². The fourth-order valence-electron chi connectivity index (χ4n) is 3.32. The molecule has 0 aromatic heterocycles. The number of halogens is 1. The lowest BCUT2D eigenvalue weighted by Gasteiger charge is -2.27. The van der Waals surface area contributed by atoms with Crippen LogP contribution in [0, 0.1) is 0 Å². The molecule has 2 aliphatic rings. The molecule has 1 aromatic rings. The molecule has 1 saturated carbocycles. The van der Waals surface area contributed by atoms with Crippen LogP contribution in [0.2, 0.25) is 0 Å². The molecular weight excluding hydrogens is 376 g/mol. The van der Waals surface area contributed by atoms with Gasteiger partial charge in [0.2, 0.25) is 0 Å². The Bertz CT molecular complexity index is 587. The van der Waals surface area contributed by atoms with Gasteiger partial charge in [-0.05, 0) is 37.5 Å². The van der Waals surface area contributed by atoms with Crippen molar-refractivity contribution >= 4 is 39.0 Å². The number of thioether (sulfide) groups is 1. The highest BCUT2D eigenvalue weighted by Crippen LogP contribution is 2.43. The quantitative estimate of drug-likeness (QED) is 0.756. The van der Waals surface area contributed by atoms with Crippen LogP contribution in [0.15, 0.2) is 28.7 Å². The van der Waals surface area contributed by atoms with Crippen molar-refractivity contribution in [3.63, 3.8) is 0 Å². The van der Waals surface area contributed by atoms with Crippen LogP contribution >= 0.6 is 27.7 Å². The predicted molar refractivity (Wildman–Crippen MR) is 96.6 cm³/mol. The van der Waals surface area contributed by atoms with Crippen molar-refractivity contribution in [1.82, 2.24) is 10.2 Å². The second kappa shape index (κ2) is 7.26. The van der Waals surface area contributed by atoms with Crippen LogP contribution in [0.5, 0.6) is 0 Å². The van der Waals surface area contributed by atoms with E-state index in [9.17, 15) is 9.59 Å². The van der Waals surface area contributed by atoms with Gasteiger partial charge in [-0.2, -0.15) is 0 Å². The number of benzene rings is 1. The van der Waals surface area contributed by atoms with E-state index in [2.05, 4.69) is 21.2 Å². The molecule has 0 unspecified atom stereocenters. The summed E-state index contributed by atoms with van der Waals surface area (Å²) in [6.07, 6.45) is 5.60. The Morgan fingerprint density at radius 3 is 2.52 bits per heavy atom. The molecule has 1 aliphatic carbocycles. The molecule has 1 N–H and O–H groups in total. The van der Waals surface area contributed by atoms with Crippen LogP contribution in [-0.4, -0.2) is 28.3 Å². The van der Waals surface area contributed by atoms with Crippen LogP contribution in [-0.2, 0) is 0 Å². The molecule has 1 aromatic carbocycles. The maximum atomic E-state index is 12.5. The van der Waals surface area contributed by atoms with Crippen molar-refractivity contribution in [2.75, 3.05) is 0 Å². The van der Waals surface area contributed by atoms with Crippen molar-refractivity contribution in [2.24, 2.45) is 0 Å². The zero-order chi connectivity index (χ0) is 16.4. The Hall–Kier alpha value is -1.01. The fourth-order valence-corrected chi connectivity index (χ4v) is 4.78. The van der Waals surface area contributed by atoms with Crippen LogP contribution in [0.4, 0.5) is 9.59 Å². The number of nitrogens with one attached hydrogen (secondary N) is 1. The number of urea groups is 1. The minimum atomic E-state index is -0.235. The van der Waals surface area contributed by atoms with Gasteiger partial charge in [-0.1, -0.05) is 59.1 Å². The van der Waals surface area contributed by atoms with Gasteiger partial charge in [0.1, 0.15) is 0 Å². The molecule has 2 atom stereocenters. The standard InChI is InChI=1S/C17H21BrN2O2S/c1-11-15(12-7-9-13(18)10-8-12)23-17(22)20(11)16(21)19-14-5-3-2-4-6-14/h7-11,14-15H,2-6H2,1H3,(H,19,21)/t11-,15+/m1/s1. The van der Waals surface area contributed by atoms with E-state index >= 15 is 0 Å². The molecule has 2 fully saturated rings. The van der Waals surface area contributed by atoms with E-state index < -0.39 is 0 Å². The lowest BCUT2D eigenvalue weighted by atomic mass is 9.96. The van der Waals surface area contributed by atoms with Gasteiger partial charge in [0.15, 0.2) is 0 Å². The summed E-state index contributed by atoms with van der Waals surface area (Å²) < 4.78 is 1.01. The number of amides is 3. The number of imide groups is 1. The zero-order valence-corrected chi connectivity index (χ0v) is 15.5. The van der Waals surface area contributed by atoms with Crippen molar-refractivity contribution in [2.45, 2.75) is 56.4 Å². The van der Waals surface area contributed by atoms with Gasteiger partial charge in [0, 0.05) is 10.5 Å². The molecule has 0 spiro atoms. The highest BCUT2D eigenvalue weighted by atomic mass is 79.9. The Labute approximate surface area is 149 Å². The number of rotatable bonds is 2. The molecule has 0 radical (unpaired) electrons. The van der Waals surface area contributed by atoms with Gasteiger partial charge in [0.05, 0.1) is 11.3 Å². The maximum absolute atomic E-state index is 12.5. The highest BCUT2D eigenvalue weighted by molar-refractivity contribution is 9.10. The molecule has 124 valence electrons.